The molecule has 0 atom stereocenters. The monoisotopic (exact) mass is 1030 g/mol. The van der Waals surface area contributed by atoms with Gasteiger partial charge in [0.2, 0.25) is 0 Å². The Morgan fingerprint density at radius 3 is 0.283 bits per heavy atom. The first-order valence-electron chi connectivity index (χ1n) is 7.15. The van der Waals surface area contributed by atoms with Crippen molar-refractivity contribution in [1.82, 2.24) is 0 Å². The van der Waals surface area contributed by atoms with Crippen LogP contribution in [0.2, 0.25) is 0 Å². The van der Waals surface area contributed by atoms with Crippen molar-refractivity contribution in [1.29, 1.82) is 78.9 Å². The molecule has 0 aromatic heterocycles. The molecule has 18 nitrogen and oxygen atoms in total. The molecule has 0 unspecified atom stereocenters. The maximum Gasteiger partial charge on any atom is 3.00 e. The molecule has 0 aliphatic carbocycles. The predicted octanol–water partition coefficient (Wildman–Crippen LogP) is -0.965. The molecule has 0 saturated carbocycles. The summed E-state index contributed by atoms with van der Waals surface area (Å²) in [6.45, 7) is 0. The zero-order chi connectivity index (χ0) is 32.0. The summed E-state index contributed by atoms with van der Waals surface area (Å²) in [6, 6.07) is 0. The van der Waals surface area contributed by atoms with Crippen molar-refractivity contribution in [2.75, 3.05) is 0 Å². The summed E-state index contributed by atoms with van der Waals surface area (Å²) in [5.41, 5.74) is 0. The summed E-state index contributed by atoms with van der Waals surface area (Å²) in [5, 5.41) is 128. The molecular weight excluding hydrogens is 1030 g/mol. The second kappa shape index (κ2) is 19.1. The van der Waals surface area contributed by atoms with E-state index in [2.05, 4.69) is 0 Å². The van der Waals surface area contributed by atoms with Crippen molar-refractivity contribution in [3.05, 3.63) is 0 Å². The number of carbonyl (C=O) groups excluding carboxylic acids is 3. The van der Waals surface area contributed by atoms with E-state index in [0.717, 1.165) is 88.9 Å². The second-order valence-corrected chi connectivity index (χ2v) is 22.2. The van der Waals surface area contributed by atoms with E-state index in [0.29, 0.717) is 0 Å². The van der Waals surface area contributed by atoms with Crippen LogP contribution in [0.3, 0.4) is 0 Å². The molecule has 0 rings (SSSR count). The molecule has 0 fully saturated rings. The molecule has 0 aromatic rings. The Bertz CT molecular complexity index is 1730. The van der Waals surface area contributed by atoms with Gasteiger partial charge in [0.15, 0.2) is 0 Å². The normalized spacial score (nSPS) is 11.4. The number of nitriles is 15. The van der Waals surface area contributed by atoms with E-state index in [1.165, 1.54) is 0 Å². The van der Waals surface area contributed by atoms with Crippen LogP contribution in [0.25, 0.3) is 0 Å². The van der Waals surface area contributed by atoms with Crippen LogP contribution in [0.5, 0.6) is 0 Å². The van der Waals surface area contributed by atoms with Gasteiger partial charge < -0.3 is 0 Å². The summed E-state index contributed by atoms with van der Waals surface area (Å²) < 4.78 is 0. The molecule has 0 spiro atoms. The Labute approximate surface area is 328 Å². The van der Waals surface area contributed by atoms with Gasteiger partial charge >= 0.3 is 333 Å². The van der Waals surface area contributed by atoms with Gasteiger partial charge in [-0.25, -0.2) is 0 Å². The van der Waals surface area contributed by atoms with Gasteiger partial charge in [-0.05, 0) is 0 Å². The Balaban J connectivity index is -0.0000000491. The third-order valence-electron chi connectivity index (χ3n) is 3.51. The van der Waals surface area contributed by atoms with Gasteiger partial charge in [0.25, 0.3) is 0 Å². The zero-order valence-corrected chi connectivity index (χ0v) is 31.5. The van der Waals surface area contributed by atoms with Gasteiger partial charge in [-0.3, -0.25) is 0 Å². The van der Waals surface area contributed by atoms with E-state index < -0.39 is 30.9 Å². The third kappa shape index (κ3) is 8.35. The van der Waals surface area contributed by atoms with Gasteiger partial charge in [0.1, 0.15) is 0 Å². The molecule has 245 valence electrons. The largest absolute Gasteiger partial charge is 3.00 e. The number of hydrogen-bond donors (Lipinski definition) is 0. The van der Waals surface area contributed by atoms with Crippen LogP contribution in [0.15, 0.2) is 0 Å². The summed E-state index contributed by atoms with van der Waals surface area (Å²) in [7, 11) is -18.8. The van der Waals surface area contributed by atoms with E-state index in [9.17, 15) is 14.4 Å². The van der Waals surface area contributed by atoms with E-state index in [4.69, 9.17) is 78.9 Å². The van der Waals surface area contributed by atoms with Gasteiger partial charge in [0.05, 0.1) is 0 Å². The average molecular weight is 1030 g/mol. The molecule has 0 bridgehead atoms. The molecule has 0 N–H and O–H groups in total. The van der Waals surface area contributed by atoms with Gasteiger partial charge in [0, 0.05) is 0 Å². The van der Waals surface area contributed by atoms with Crippen molar-refractivity contribution < 1.29 is 165 Å². The minimum Gasteiger partial charge on any atom is 3.00 e. The van der Waals surface area contributed by atoms with E-state index in [-0.39, 0.29) is 119 Å². The molecule has 0 aliphatic heterocycles. The first-order valence-corrected chi connectivity index (χ1v) is 17.1. The van der Waals surface area contributed by atoms with Crippen molar-refractivity contribution in [2.24, 2.45) is 0 Å². The van der Waals surface area contributed by atoms with Crippen molar-refractivity contribution >= 4 is 14.4 Å². The van der Waals surface area contributed by atoms with Gasteiger partial charge in [-0.15, -0.1) is 0 Å². The SMILES string of the molecule is N#[C][Fe-7](=[C]=O)([C]#N)([C]#N)([C]#N)[C]#N.N#[C][Fe-7](=[C]=O)([C]#N)([C]#N)([C]#N)[C]#N.N#[C][Fe-7](=[C]=O)([C]#N)([C]#N)([C]#N)[C]#N.[Fe+3].[Fe+3].[Fe+3].[Fe+3].[Fe+3].[Fe+3].[Fe+3]. The van der Waals surface area contributed by atoms with Crippen LogP contribution >= 0.6 is 0 Å². The van der Waals surface area contributed by atoms with Crippen LogP contribution in [0.4, 0.5) is 0 Å². The number of rotatable bonds is 0. The maximum atomic E-state index is 10.5. The molecule has 0 aliphatic rings. The second-order valence-electron chi connectivity index (χ2n) is 5.38. The average Bonchev–Trinajstić information content (AvgIpc) is 3.06. The molecule has 0 heterocycles. The van der Waals surface area contributed by atoms with E-state index in [1.54, 1.807) is 0 Å². The van der Waals surface area contributed by atoms with Crippen LogP contribution in [0.1, 0.15) is 0 Å². The minimum atomic E-state index is -6.28. The quantitative estimate of drug-likeness (QED) is 0.264. The summed E-state index contributed by atoms with van der Waals surface area (Å²) in [6.07, 6.45) is 0. The molecule has 28 heteroatoms. The zero-order valence-electron chi connectivity index (χ0n) is 20.5. The molecule has 46 heavy (non-hydrogen) atoms. The molecule has 0 saturated heterocycles. The Morgan fingerprint density at radius 2 is 0.283 bits per heavy atom. The van der Waals surface area contributed by atoms with E-state index in [1.807, 2.05) is 0 Å². The van der Waals surface area contributed by atoms with Gasteiger partial charge in [-0.2, -0.15) is 0 Å². The van der Waals surface area contributed by atoms with Crippen molar-refractivity contribution in [3.8, 4) is 74.5 Å². The van der Waals surface area contributed by atoms with Crippen molar-refractivity contribution in [2.45, 2.75) is 0 Å². The topological polar surface area (TPSA) is 408 Å². The summed E-state index contributed by atoms with van der Waals surface area (Å²) in [5.74, 6) is 0. The van der Waals surface area contributed by atoms with Gasteiger partial charge in [-0.1, -0.05) is 0 Å². The predicted molar refractivity (Wildman–Crippen MR) is 101 cm³/mol. The fourth-order valence-corrected chi connectivity index (χ4v) is 3.18. The smallest absolute Gasteiger partial charge is 3.00 e. The molecular formula is C18Fe10N15O3. The standard InChI is InChI=1S/15CN.3CO.10Fe/c18*1-2;;;;;;;;;;/q;;;;;;;;;;;;;;;;;;3*-7;7*+3. The van der Waals surface area contributed by atoms with E-state index >= 15 is 0 Å². The Hall–Kier alpha value is -3.72. The first kappa shape index (κ1) is 69.1. The van der Waals surface area contributed by atoms with Crippen LogP contribution < -0.4 is 0 Å². The minimum absolute atomic E-state index is 0. The fourth-order valence-electron chi connectivity index (χ4n) is 0.772. The van der Waals surface area contributed by atoms with Crippen LogP contribution in [0, 0.1) is 153 Å². The Kier molecular flexibility index (Phi) is 28.7. The summed E-state index contributed by atoms with van der Waals surface area (Å²) in [4.78, 5) is 48.2. The fraction of sp³-hybridized carbons (Fsp3) is 0. The third-order valence-corrected chi connectivity index (χ3v) is 14.5. The van der Waals surface area contributed by atoms with Crippen LogP contribution in [-0.4, -0.2) is 14.4 Å². The summed E-state index contributed by atoms with van der Waals surface area (Å²) >= 11 is 0. The molecule has 0 amide bonds. The number of nitrogens with zero attached hydrogens (tertiary/aromatic N) is 15. The molecule has 0 aromatic carbocycles. The Morgan fingerprint density at radius 1 is 0.217 bits per heavy atom. The van der Waals surface area contributed by atoms with Crippen molar-refractivity contribution in [3.63, 3.8) is 0 Å². The molecule has 7 radical (unpaired) electrons. The number of hydrogen-bond acceptors (Lipinski definition) is 18. The van der Waals surface area contributed by atoms with Crippen LogP contribution in [-0.2, 0) is 165 Å². The first-order chi connectivity index (χ1) is 17.9. The maximum absolute atomic E-state index is 10.5.